The van der Waals surface area contributed by atoms with E-state index in [4.69, 9.17) is 0 Å². The van der Waals surface area contributed by atoms with Crippen molar-refractivity contribution in [3.63, 3.8) is 0 Å². The molecule has 0 heterocycles. The van der Waals surface area contributed by atoms with Gasteiger partial charge >= 0.3 is 0 Å². The Labute approximate surface area is 157 Å². The van der Waals surface area contributed by atoms with Crippen molar-refractivity contribution in [2.75, 3.05) is 11.9 Å². The molecule has 0 amide bonds. The fourth-order valence-electron chi connectivity index (χ4n) is 3.15. The minimum Gasteiger partial charge on any atom is -0.262 e. The number of hydrogen-bond donors (Lipinski definition) is 0. The van der Waals surface area contributed by atoms with E-state index in [0.717, 1.165) is 0 Å². The highest BCUT2D eigenvalue weighted by Crippen LogP contribution is 2.55. The van der Waals surface area contributed by atoms with Crippen LogP contribution in [0.4, 0.5) is 0 Å². The fourth-order valence-corrected chi connectivity index (χ4v) is 8.76. The van der Waals surface area contributed by atoms with Crippen molar-refractivity contribution in [2.24, 2.45) is 0 Å². The van der Waals surface area contributed by atoms with E-state index in [1.165, 1.54) is 21.7 Å². The number of benzene rings is 3. The summed E-state index contributed by atoms with van der Waals surface area (Å²) in [7, 11) is -5.27. The van der Waals surface area contributed by atoms with E-state index < -0.39 is 17.1 Å². The third-order valence-electron chi connectivity index (χ3n) is 4.60. The first-order valence-corrected chi connectivity index (χ1v) is 12.4. The highest BCUT2D eigenvalue weighted by atomic mass is 32.2. The van der Waals surface area contributed by atoms with Gasteiger partial charge in [0.1, 0.15) is 15.9 Å². The van der Waals surface area contributed by atoms with Crippen LogP contribution in [-0.4, -0.2) is 20.3 Å². The minimum atomic E-state index is -3.17. The molecule has 0 N–H and O–H groups in total. The first-order valence-electron chi connectivity index (χ1n) is 8.69. The smallest absolute Gasteiger partial charge is 0.102 e. The Balaban J connectivity index is 2.24. The van der Waals surface area contributed by atoms with Crippen molar-refractivity contribution in [1.29, 1.82) is 0 Å². The zero-order valence-corrected chi connectivity index (χ0v) is 16.5. The van der Waals surface area contributed by atoms with Crippen molar-refractivity contribution in [3.8, 4) is 0 Å². The molecule has 0 saturated heterocycles. The highest BCUT2D eigenvalue weighted by Gasteiger charge is 2.42. The normalized spacial score (nSPS) is 12.0. The summed E-state index contributed by atoms with van der Waals surface area (Å²) in [5.41, 5.74) is 0. The lowest BCUT2D eigenvalue weighted by atomic mass is 10.4. The first-order chi connectivity index (χ1) is 12.6. The monoisotopic (exact) mass is 382 g/mol. The maximum atomic E-state index is 12.3. The lowest BCUT2D eigenvalue weighted by Gasteiger charge is -2.31. The topological polar surface area (TPSA) is 34.1 Å². The van der Waals surface area contributed by atoms with Crippen LogP contribution >= 0.6 is 7.26 Å². The molecule has 0 saturated carbocycles. The molecule has 26 heavy (non-hydrogen) atoms. The van der Waals surface area contributed by atoms with Crippen LogP contribution in [0.1, 0.15) is 6.92 Å². The molecule has 0 aromatic heterocycles. The third kappa shape index (κ3) is 3.90. The SMILES string of the molecule is CCS(=O)(=O)[CH-]C[P+](c1ccccc1)(c1ccccc1)c1ccccc1. The van der Waals surface area contributed by atoms with Gasteiger partial charge in [-0.15, -0.1) is 0 Å². The van der Waals surface area contributed by atoms with Gasteiger partial charge in [0.25, 0.3) is 0 Å². The Morgan fingerprint density at radius 2 is 1.04 bits per heavy atom. The summed E-state index contributed by atoms with van der Waals surface area (Å²) in [5, 5.41) is 3.58. The van der Waals surface area contributed by atoms with Crippen molar-refractivity contribution < 1.29 is 8.42 Å². The van der Waals surface area contributed by atoms with Crippen LogP contribution in [0.15, 0.2) is 91.0 Å². The van der Waals surface area contributed by atoms with Crippen LogP contribution in [0, 0.1) is 5.75 Å². The van der Waals surface area contributed by atoms with Gasteiger partial charge in [-0.2, -0.15) is 5.75 Å². The van der Waals surface area contributed by atoms with Gasteiger partial charge in [-0.3, -0.25) is 8.42 Å². The van der Waals surface area contributed by atoms with Crippen LogP contribution in [0.5, 0.6) is 0 Å². The molecule has 0 spiro atoms. The second-order valence-corrected chi connectivity index (χ2v) is 11.9. The predicted octanol–water partition coefficient (Wildman–Crippen LogP) is 3.58. The summed E-state index contributed by atoms with van der Waals surface area (Å²) in [5.74, 6) is 1.67. The van der Waals surface area contributed by atoms with Gasteiger partial charge in [0.05, 0.1) is 7.26 Å². The Hall–Kier alpha value is -1.96. The van der Waals surface area contributed by atoms with E-state index in [0.29, 0.717) is 6.16 Å². The van der Waals surface area contributed by atoms with E-state index in [1.54, 1.807) is 6.92 Å². The maximum absolute atomic E-state index is 12.3. The van der Waals surface area contributed by atoms with Gasteiger partial charge < -0.3 is 0 Å². The second kappa shape index (κ2) is 8.16. The third-order valence-corrected chi connectivity index (χ3v) is 10.6. The van der Waals surface area contributed by atoms with Crippen LogP contribution in [0.2, 0.25) is 0 Å². The zero-order chi connectivity index (χ0) is 18.5. The van der Waals surface area contributed by atoms with Crippen molar-refractivity contribution in [1.82, 2.24) is 0 Å². The largest absolute Gasteiger partial charge is 0.262 e. The lowest BCUT2D eigenvalue weighted by molar-refractivity contribution is 0.603. The molecule has 3 aromatic carbocycles. The van der Waals surface area contributed by atoms with Gasteiger partial charge in [-0.05, 0) is 42.6 Å². The van der Waals surface area contributed by atoms with Crippen LogP contribution in [0.25, 0.3) is 0 Å². The Morgan fingerprint density at radius 1 is 0.692 bits per heavy atom. The molecular weight excluding hydrogens is 359 g/mol. The van der Waals surface area contributed by atoms with Gasteiger partial charge in [0.15, 0.2) is 0 Å². The molecular formula is C22H23O2PS. The van der Waals surface area contributed by atoms with Crippen LogP contribution in [-0.2, 0) is 9.84 Å². The number of hydrogen-bond acceptors (Lipinski definition) is 2. The zero-order valence-electron chi connectivity index (χ0n) is 14.8. The van der Waals surface area contributed by atoms with E-state index in [1.807, 2.05) is 54.6 Å². The average Bonchev–Trinajstić information content (AvgIpc) is 2.71. The highest BCUT2D eigenvalue weighted by molar-refractivity contribution is 7.98. The fraction of sp³-hybridized carbons (Fsp3) is 0.136. The molecule has 3 rings (SSSR count). The molecule has 0 fully saturated rings. The average molecular weight is 382 g/mol. The summed E-state index contributed by atoms with van der Waals surface area (Å²) in [6.07, 6.45) is 0.501. The molecule has 0 aliphatic carbocycles. The van der Waals surface area contributed by atoms with Crippen molar-refractivity contribution in [3.05, 3.63) is 96.7 Å². The molecule has 0 bridgehead atoms. The first kappa shape index (κ1) is 18.8. The van der Waals surface area contributed by atoms with Gasteiger partial charge in [-0.25, -0.2) is 0 Å². The molecule has 2 nitrogen and oxygen atoms in total. The van der Waals surface area contributed by atoms with E-state index in [2.05, 4.69) is 36.4 Å². The van der Waals surface area contributed by atoms with Gasteiger partial charge in [0, 0.05) is 15.6 Å². The van der Waals surface area contributed by atoms with Gasteiger partial charge in [-0.1, -0.05) is 61.5 Å². The summed E-state index contributed by atoms with van der Waals surface area (Å²) in [6, 6.07) is 30.9. The van der Waals surface area contributed by atoms with Crippen molar-refractivity contribution in [2.45, 2.75) is 6.92 Å². The molecule has 3 aromatic rings. The Morgan fingerprint density at radius 3 is 1.35 bits per heavy atom. The summed E-state index contributed by atoms with van der Waals surface area (Å²) >= 11 is 0. The molecule has 0 aliphatic rings. The van der Waals surface area contributed by atoms with Gasteiger partial charge in [0.2, 0.25) is 0 Å². The second-order valence-electron chi connectivity index (χ2n) is 6.12. The summed E-state index contributed by atoms with van der Waals surface area (Å²) < 4.78 is 24.6. The van der Waals surface area contributed by atoms with Crippen LogP contribution < -0.4 is 15.9 Å². The standard InChI is InChI=1S/C22H23O2PS/c1-2-26(23,24)19-18-25(20-12-6-3-7-13-20,21-14-8-4-9-15-21)22-16-10-5-11-17-22/h3-17,19H,2,18H2,1H3. The predicted molar refractivity (Wildman–Crippen MR) is 114 cm³/mol. The molecule has 0 unspecified atom stereocenters. The van der Waals surface area contributed by atoms with E-state index >= 15 is 0 Å². The number of rotatable bonds is 7. The number of sulfone groups is 1. The van der Waals surface area contributed by atoms with Crippen LogP contribution in [0.3, 0.4) is 0 Å². The maximum Gasteiger partial charge on any atom is 0.102 e. The Kier molecular flexibility index (Phi) is 5.90. The quantitative estimate of drug-likeness (QED) is 0.462. The summed E-state index contributed by atoms with van der Waals surface area (Å²) in [6.45, 7) is 1.69. The minimum absolute atomic E-state index is 0.130. The molecule has 4 heteroatoms. The van der Waals surface area contributed by atoms with E-state index in [9.17, 15) is 8.42 Å². The lowest BCUT2D eigenvalue weighted by Crippen LogP contribution is -2.34. The summed E-state index contributed by atoms with van der Waals surface area (Å²) in [4.78, 5) is 0. The van der Waals surface area contributed by atoms with E-state index in [-0.39, 0.29) is 5.75 Å². The molecule has 134 valence electrons. The molecule has 0 atom stereocenters. The van der Waals surface area contributed by atoms with Crippen molar-refractivity contribution >= 4 is 33.0 Å². The molecule has 0 radical (unpaired) electrons. The molecule has 0 aliphatic heterocycles. The Bertz CT molecular complexity index is 827.